The lowest BCUT2D eigenvalue weighted by Gasteiger charge is -2.05. The predicted octanol–water partition coefficient (Wildman–Crippen LogP) is 1.95. The van der Waals surface area contributed by atoms with E-state index in [9.17, 15) is 0 Å². The predicted molar refractivity (Wildman–Crippen MR) is 64.6 cm³/mol. The summed E-state index contributed by atoms with van der Waals surface area (Å²) in [5.74, 6) is 0. The molecule has 0 saturated carbocycles. The van der Waals surface area contributed by atoms with Gasteiger partial charge in [-0.3, -0.25) is 0 Å². The summed E-state index contributed by atoms with van der Waals surface area (Å²) < 4.78 is 8.45. The van der Waals surface area contributed by atoms with Gasteiger partial charge in [0.05, 0.1) is 9.77 Å². The molecule has 1 rings (SSSR count). The molecule has 0 saturated heterocycles. The molecule has 0 aliphatic rings. The van der Waals surface area contributed by atoms with Crippen LogP contribution in [0.25, 0.3) is 0 Å². The molecule has 0 aliphatic heterocycles. The zero-order valence-electron chi connectivity index (χ0n) is 8.03. The van der Waals surface area contributed by atoms with E-state index >= 15 is 0 Å². The van der Waals surface area contributed by atoms with Gasteiger partial charge < -0.3 is 4.74 Å². The molecular weight excluding hydrogens is 295 g/mol. The maximum absolute atomic E-state index is 5.48. The number of hydrogen-bond acceptors (Lipinski definition) is 2. The van der Waals surface area contributed by atoms with Gasteiger partial charge in [0.15, 0.2) is 0 Å². The zero-order valence-corrected chi connectivity index (χ0v) is 11.3. The molecule has 0 N–H and O–H groups in total. The Hall–Kier alpha value is 0.117. The first kappa shape index (κ1) is 11.2. The van der Waals surface area contributed by atoms with Gasteiger partial charge in [-0.05, 0) is 28.6 Å². The zero-order chi connectivity index (χ0) is 9.68. The van der Waals surface area contributed by atoms with Crippen molar-refractivity contribution in [3.05, 3.63) is 16.0 Å². The Morgan fingerprint density at radius 3 is 2.92 bits per heavy atom. The average Bonchev–Trinajstić information content (AvgIpc) is 2.45. The lowest BCUT2D eigenvalue weighted by Crippen LogP contribution is -2.08. The van der Waals surface area contributed by atoms with Crippen molar-refractivity contribution in [3.8, 4) is 0 Å². The SMILES string of the molecule is C[SiH](C)CCOCn1cc(I)cn1. The van der Waals surface area contributed by atoms with Crippen molar-refractivity contribution in [1.29, 1.82) is 0 Å². The van der Waals surface area contributed by atoms with Gasteiger partial charge in [0, 0.05) is 21.6 Å². The number of nitrogens with zero attached hydrogens (tertiary/aromatic N) is 2. The highest BCUT2D eigenvalue weighted by atomic mass is 127. The fraction of sp³-hybridized carbons (Fsp3) is 0.625. The van der Waals surface area contributed by atoms with Gasteiger partial charge in [-0.15, -0.1) is 0 Å². The second kappa shape index (κ2) is 5.76. The van der Waals surface area contributed by atoms with Crippen LogP contribution in [0.4, 0.5) is 0 Å². The molecule has 3 nitrogen and oxygen atoms in total. The quantitative estimate of drug-likeness (QED) is 0.472. The average molecular weight is 310 g/mol. The van der Waals surface area contributed by atoms with Crippen LogP contribution in [0.1, 0.15) is 0 Å². The van der Waals surface area contributed by atoms with Gasteiger partial charge in [-0.25, -0.2) is 4.68 Å². The monoisotopic (exact) mass is 310 g/mol. The lowest BCUT2D eigenvalue weighted by atomic mass is 10.7. The van der Waals surface area contributed by atoms with Crippen molar-refractivity contribution in [2.75, 3.05) is 6.61 Å². The molecule has 1 aromatic rings. The molecule has 1 heterocycles. The highest BCUT2D eigenvalue weighted by Gasteiger charge is 1.97. The summed E-state index contributed by atoms with van der Waals surface area (Å²) >= 11 is 2.24. The van der Waals surface area contributed by atoms with Crippen molar-refractivity contribution in [2.24, 2.45) is 0 Å². The number of ether oxygens (including phenoxy) is 1. The minimum absolute atomic E-state index is 0.447. The molecule has 0 atom stereocenters. The minimum Gasteiger partial charge on any atom is -0.360 e. The molecule has 5 heteroatoms. The summed E-state index contributed by atoms with van der Waals surface area (Å²) in [5.41, 5.74) is 0. The Balaban J connectivity index is 2.13. The van der Waals surface area contributed by atoms with E-state index < -0.39 is 8.80 Å². The number of rotatable bonds is 5. The fourth-order valence-electron chi connectivity index (χ4n) is 0.886. The van der Waals surface area contributed by atoms with Crippen LogP contribution >= 0.6 is 22.6 Å². The van der Waals surface area contributed by atoms with E-state index in [-0.39, 0.29) is 0 Å². The summed E-state index contributed by atoms with van der Waals surface area (Å²) in [7, 11) is -0.447. The van der Waals surface area contributed by atoms with Crippen molar-refractivity contribution in [2.45, 2.75) is 25.9 Å². The first-order valence-corrected chi connectivity index (χ1v) is 8.64. The third-order valence-corrected chi connectivity index (χ3v) is 3.61. The van der Waals surface area contributed by atoms with Crippen LogP contribution in [0.3, 0.4) is 0 Å². The summed E-state index contributed by atoms with van der Waals surface area (Å²) in [6, 6.07) is 1.25. The minimum atomic E-state index is -0.447. The molecule has 0 radical (unpaired) electrons. The van der Waals surface area contributed by atoms with Crippen LogP contribution in [0, 0.1) is 3.57 Å². The lowest BCUT2D eigenvalue weighted by molar-refractivity contribution is 0.0789. The largest absolute Gasteiger partial charge is 0.360 e. The Labute approximate surface area is 94.2 Å². The fourth-order valence-corrected chi connectivity index (χ4v) is 1.97. The van der Waals surface area contributed by atoms with E-state index in [1.807, 2.05) is 17.1 Å². The van der Waals surface area contributed by atoms with E-state index in [0.717, 1.165) is 10.2 Å². The second-order valence-electron chi connectivity index (χ2n) is 3.42. The molecule has 1 aromatic heterocycles. The first-order valence-electron chi connectivity index (χ1n) is 4.44. The van der Waals surface area contributed by atoms with E-state index in [0.29, 0.717) is 6.73 Å². The number of halogens is 1. The number of hydrogen-bond donors (Lipinski definition) is 0. The Morgan fingerprint density at radius 1 is 1.62 bits per heavy atom. The van der Waals surface area contributed by atoms with Gasteiger partial charge in [-0.2, -0.15) is 5.10 Å². The third-order valence-electron chi connectivity index (χ3n) is 1.66. The van der Waals surface area contributed by atoms with Crippen molar-refractivity contribution >= 4 is 31.4 Å². The molecule has 0 amide bonds. The third kappa shape index (κ3) is 4.77. The molecule has 13 heavy (non-hydrogen) atoms. The Kier molecular flexibility index (Phi) is 4.96. The molecule has 0 fully saturated rings. The van der Waals surface area contributed by atoms with Crippen LogP contribution in [0.15, 0.2) is 12.4 Å². The normalized spacial score (nSPS) is 11.1. The van der Waals surface area contributed by atoms with Crippen LogP contribution in [-0.4, -0.2) is 25.2 Å². The summed E-state index contributed by atoms with van der Waals surface area (Å²) in [4.78, 5) is 0. The topological polar surface area (TPSA) is 27.1 Å². The van der Waals surface area contributed by atoms with Crippen LogP contribution in [-0.2, 0) is 11.5 Å². The summed E-state index contributed by atoms with van der Waals surface area (Å²) in [6.07, 6.45) is 3.81. The maximum atomic E-state index is 5.48. The highest BCUT2D eigenvalue weighted by molar-refractivity contribution is 14.1. The van der Waals surface area contributed by atoms with E-state index in [2.05, 4.69) is 40.8 Å². The summed E-state index contributed by atoms with van der Waals surface area (Å²) in [5, 5.41) is 4.13. The number of aromatic nitrogens is 2. The van der Waals surface area contributed by atoms with Crippen LogP contribution in [0.2, 0.25) is 19.1 Å². The van der Waals surface area contributed by atoms with Gasteiger partial charge >= 0.3 is 0 Å². The van der Waals surface area contributed by atoms with Crippen molar-refractivity contribution in [3.63, 3.8) is 0 Å². The van der Waals surface area contributed by atoms with E-state index in [1.165, 1.54) is 6.04 Å². The highest BCUT2D eigenvalue weighted by Crippen LogP contribution is 2.01. The van der Waals surface area contributed by atoms with Crippen molar-refractivity contribution in [1.82, 2.24) is 9.78 Å². The van der Waals surface area contributed by atoms with Gasteiger partial charge in [-0.1, -0.05) is 13.1 Å². The molecule has 0 bridgehead atoms. The van der Waals surface area contributed by atoms with E-state index in [4.69, 9.17) is 4.74 Å². The van der Waals surface area contributed by atoms with E-state index in [1.54, 1.807) is 0 Å². The Bertz CT molecular complexity index is 252. The van der Waals surface area contributed by atoms with Gasteiger partial charge in [0.25, 0.3) is 0 Å². The van der Waals surface area contributed by atoms with Gasteiger partial charge in [0.1, 0.15) is 6.73 Å². The maximum Gasteiger partial charge on any atom is 0.139 e. The molecular formula is C8H15IN2OSi. The second-order valence-corrected chi connectivity index (χ2v) is 8.03. The molecule has 0 spiro atoms. The standard InChI is InChI=1S/C8H15IN2OSi/c1-13(2)4-3-12-7-11-6-8(9)5-10-11/h5-6,13H,3-4,7H2,1-2H3. The van der Waals surface area contributed by atoms with Gasteiger partial charge in [0.2, 0.25) is 0 Å². The summed E-state index contributed by atoms with van der Waals surface area (Å²) in [6.45, 7) is 6.13. The molecule has 0 unspecified atom stereocenters. The Morgan fingerprint density at radius 2 is 2.38 bits per heavy atom. The van der Waals surface area contributed by atoms with Crippen molar-refractivity contribution < 1.29 is 4.74 Å². The smallest absolute Gasteiger partial charge is 0.139 e. The molecule has 74 valence electrons. The van der Waals surface area contributed by atoms with Crippen LogP contribution < -0.4 is 0 Å². The van der Waals surface area contributed by atoms with Crippen LogP contribution in [0.5, 0.6) is 0 Å². The molecule has 0 aliphatic carbocycles. The first-order chi connectivity index (χ1) is 6.18. The molecule has 0 aromatic carbocycles.